The second-order valence-corrected chi connectivity index (χ2v) is 10.1. The van der Waals surface area contributed by atoms with E-state index >= 15 is 0 Å². The Kier molecular flexibility index (Phi) is 7.41. The molecular formula is C20H25N3O4S3. The molecule has 0 aromatic carbocycles. The highest BCUT2D eigenvalue weighted by molar-refractivity contribution is 8.01. The summed E-state index contributed by atoms with van der Waals surface area (Å²) in [6, 6.07) is 0. The van der Waals surface area contributed by atoms with Crippen molar-refractivity contribution in [2.75, 3.05) is 14.2 Å². The van der Waals surface area contributed by atoms with Crippen LogP contribution < -0.4 is 0 Å². The van der Waals surface area contributed by atoms with Gasteiger partial charge in [0.25, 0.3) is 0 Å². The molecule has 2 heterocycles. The predicted molar refractivity (Wildman–Crippen MR) is 121 cm³/mol. The first-order chi connectivity index (χ1) is 14.3. The fourth-order valence-corrected chi connectivity index (χ4v) is 5.68. The molecule has 0 bridgehead atoms. The lowest BCUT2D eigenvalue weighted by Gasteiger charge is -2.22. The Morgan fingerprint density at radius 1 is 1.00 bits per heavy atom. The highest BCUT2D eigenvalue weighted by Crippen LogP contribution is 2.37. The van der Waals surface area contributed by atoms with Crippen LogP contribution in [0.2, 0.25) is 0 Å². The average Bonchev–Trinajstić information content (AvgIpc) is 2.75. The Morgan fingerprint density at radius 3 is 2.17 bits per heavy atom. The molecule has 7 nitrogen and oxygen atoms in total. The molecule has 0 amide bonds. The number of carbonyl (C=O) groups is 2. The minimum Gasteiger partial charge on any atom is -0.468 e. The summed E-state index contributed by atoms with van der Waals surface area (Å²) in [6.45, 7) is 3.54. The zero-order valence-electron chi connectivity index (χ0n) is 17.7. The van der Waals surface area contributed by atoms with Crippen LogP contribution in [0.3, 0.4) is 0 Å². The minimum absolute atomic E-state index is 0.318. The second kappa shape index (κ2) is 9.65. The number of hydrogen-bond donors (Lipinski definition) is 0. The van der Waals surface area contributed by atoms with Crippen molar-refractivity contribution in [3.63, 3.8) is 0 Å². The molecule has 1 aliphatic carbocycles. The number of aryl methyl sites for hydroxylation is 2. The van der Waals surface area contributed by atoms with Gasteiger partial charge in [-0.2, -0.15) is 0 Å². The Hall–Kier alpha value is -1.65. The molecule has 162 valence electrons. The van der Waals surface area contributed by atoms with Crippen molar-refractivity contribution in [1.82, 2.24) is 14.5 Å². The van der Waals surface area contributed by atoms with E-state index in [1.165, 1.54) is 48.9 Å². The van der Waals surface area contributed by atoms with Crippen molar-refractivity contribution >= 4 is 58.7 Å². The van der Waals surface area contributed by atoms with Crippen molar-refractivity contribution < 1.29 is 19.1 Å². The molecule has 2 unspecified atom stereocenters. The van der Waals surface area contributed by atoms with E-state index in [0.29, 0.717) is 10.2 Å². The van der Waals surface area contributed by atoms with Gasteiger partial charge >= 0.3 is 11.9 Å². The highest BCUT2D eigenvalue weighted by atomic mass is 32.2. The van der Waals surface area contributed by atoms with E-state index in [9.17, 15) is 9.59 Å². The summed E-state index contributed by atoms with van der Waals surface area (Å²) in [5, 5.41) is 1.20. The number of aromatic nitrogens is 3. The van der Waals surface area contributed by atoms with E-state index in [1.54, 1.807) is 13.8 Å². The van der Waals surface area contributed by atoms with Crippen molar-refractivity contribution in [3.05, 3.63) is 15.8 Å². The molecule has 1 aliphatic rings. The molecule has 0 N–H and O–H groups in total. The number of carbonyl (C=O) groups excluding carboxylic acids is 2. The summed E-state index contributed by atoms with van der Waals surface area (Å²) >= 11 is 8.30. The molecule has 0 aliphatic heterocycles. The molecule has 0 saturated carbocycles. The summed E-state index contributed by atoms with van der Waals surface area (Å²) in [5.74, 6) is -0.665. The monoisotopic (exact) mass is 467 g/mol. The van der Waals surface area contributed by atoms with Gasteiger partial charge in [-0.1, -0.05) is 35.7 Å². The lowest BCUT2D eigenvalue weighted by atomic mass is 9.91. The van der Waals surface area contributed by atoms with Gasteiger partial charge in [0.1, 0.15) is 25.8 Å². The van der Waals surface area contributed by atoms with Crippen LogP contribution in [0.5, 0.6) is 0 Å². The number of ether oxygens (including phenoxy) is 2. The van der Waals surface area contributed by atoms with E-state index in [-0.39, 0.29) is 11.9 Å². The smallest absolute Gasteiger partial charge is 0.318 e. The third-order valence-electron chi connectivity index (χ3n) is 5.12. The number of thioether (sulfide) groups is 2. The van der Waals surface area contributed by atoms with Crippen LogP contribution in [-0.2, 0) is 39.0 Å². The maximum atomic E-state index is 12.1. The summed E-state index contributed by atoms with van der Waals surface area (Å²) in [4.78, 5) is 33.5. The van der Waals surface area contributed by atoms with E-state index in [2.05, 4.69) is 0 Å². The maximum Gasteiger partial charge on any atom is 0.318 e. The number of nitrogens with zero attached hydrogens (tertiary/aromatic N) is 3. The normalized spacial score (nSPS) is 15.4. The molecule has 0 saturated heterocycles. The maximum absolute atomic E-state index is 12.1. The molecule has 0 radical (unpaired) electrons. The lowest BCUT2D eigenvalue weighted by molar-refractivity contribution is -0.140. The molecule has 0 fully saturated rings. The van der Waals surface area contributed by atoms with Gasteiger partial charge in [-0.25, -0.2) is 9.97 Å². The molecule has 0 spiro atoms. The SMILES string of the molecule is COC(=O)C(C)Sc1nc(SC(C)C(=O)OC)c2c3c(c(=S)n(C)c2n1)CCCC3. The van der Waals surface area contributed by atoms with E-state index < -0.39 is 10.5 Å². The van der Waals surface area contributed by atoms with Gasteiger partial charge < -0.3 is 14.0 Å². The van der Waals surface area contributed by atoms with Crippen LogP contribution in [0.15, 0.2) is 10.2 Å². The van der Waals surface area contributed by atoms with E-state index in [0.717, 1.165) is 41.4 Å². The molecule has 30 heavy (non-hydrogen) atoms. The van der Waals surface area contributed by atoms with Crippen molar-refractivity contribution in [2.45, 2.75) is 60.2 Å². The van der Waals surface area contributed by atoms with Crippen LogP contribution in [0.1, 0.15) is 37.8 Å². The zero-order chi connectivity index (χ0) is 22.0. The van der Waals surface area contributed by atoms with Crippen LogP contribution in [0.25, 0.3) is 11.0 Å². The largest absolute Gasteiger partial charge is 0.468 e. The highest BCUT2D eigenvalue weighted by Gasteiger charge is 2.26. The summed E-state index contributed by atoms with van der Waals surface area (Å²) in [7, 11) is 4.64. The van der Waals surface area contributed by atoms with Gasteiger partial charge in [0.05, 0.1) is 19.6 Å². The van der Waals surface area contributed by atoms with Gasteiger partial charge in [-0.3, -0.25) is 9.59 Å². The minimum atomic E-state index is -0.464. The van der Waals surface area contributed by atoms with Crippen LogP contribution in [0.4, 0.5) is 0 Å². The number of methoxy groups -OCH3 is 2. The third-order valence-corrected chi connectivity index (χ3v) is 7.65. The van der Waals surface area contributed by atoms with Crippen molar-refractivity contribution in [1.29, 1.82) is 0 Å². The standard InChI is InChI=1S/C20H25N3O4S3/c1-10(18(24)26-4)29-16-14-12-8-6-7-9-13(12)17(28)23(3)15(14)21-20(22-16)30-11(2)19(25)27-5/h10-11H,6-9H2,1-5H3. The summed E-state index contributed by atoms with van der Waals surface area (Å²) in [6.07, 6.45) is 4.03. The number of pyridine rings is 1. The predicted octanol–water partition coefficient (Wildman–Crippen LogP) is 3.88. The lowest BCUT2D eigenvalue weighted by Crippen LogP contribution is -2.18. The average molecular weight is 468 g/mol. The van der Waals surface area contributed by atoms with Gasteiger partial charge in [-0.15, -0.1) is 0 Å². The zero-order valence-corrected chi connectivity index (χ0v) is 20.1. The van der Waals surface area contributed by atoms with Gasteiger partial charge in [0.2, 0.25) is 0 Å². The topological polar surface area (TPSA) is 83.3 Å². The Labute approximate surface area is 189 Å². The van der Waals surface area contributed by atoms with Crippen molar-refractivity contribution in [3.8, 4) is 0 Å². The quantitative estimate of drug-likeness (QED) is 0.207. The first-order valence-electron chi connectivity index (χ1n) is 9.69. The Morgan fingerprint density at radius 2 is 1.57 bits per heavy atom. The van der Waals surface area contributed by atoms with Crippen molar-refractivity contribution in [2.24, 2.45) is 7.05 Å². The van der Waals surface area contributed by atoms with Crippen LogP contribution in [-0.4, -0.2) is 51.2 Å². The van der Waals surface area contributed by atoms with Crippen LogP contribution in [0, 0.1) is 4.64 Å². The molecule has 2 atom stereocenters. The Bertz CT molecular complexity index is 1050. The number of rotatable bonds is 6. The first kappa shape index (κ1) is 23.0. The van der Waals surface area contributed by atoms with E-state index in [1.807, 2.05) is 11.6 Å². The van der Waals surface area contributed by atoms with E-state index in [4.69, 9.17) is 31.7 Å². The third kappa shape index (κ3) is 4.50. The van der Waals surface area contributed by atoms with Gasteiger partial charge in [0.15, 0.2) is 5.16 Å². The second-order valence-electron chi connectivity index (χ2n) is 7.10. The fourth-order valence-electron chi connectivity index (χ4n) is 3.52. The summed E-state index contributed by atoms with van der Waals surface area (Å²) < 4.78 is 12.4. The number of hydrogen-bond acceptors (Lipinski definition) is 9. The molecule has 10 heteroatoms. The number of esters is 2. The molecule has 2 aromatic heterocycles. The van der Waals surface area contributed by atoms with Crippen LogP contribution >= 0.6 is 35.7 Å². The first-order valence-corrected chi connectivity index (χ1v) is 11.9. The Balaban J connectivity index is 2.22. The molecular weight excluding hydrogens is 442 g/mol. The fraction of sp³-hybridized carbons (Fsp3) is 0.550. The molecule has 3 rings (SSSR count). The van der Waals surface area contributed by atoms with Gasteiger partial charge in [-0.05, 0) is 50.7 Å². The molecule has 2 aromatic rings. The summed E-state index contributed by atoms with van der Waals surface area (Å²) in [5.41, 5.74) is 3.07. The van der Waals surface area contributed by atoms with Gasteiger partial charge in [0, 0.05) is 7.05 Å². The number of fused-ring (bicyclic) bond motifs is 3.